The van der Waals surface area contributed by atoms with Crippen molar-refractivity contribution in [2.24, 2.45) is 7.05 Å². The van der Waals surface area contributed by atoms with E-state index in [1.54, 1.807) is 0 Å². The molecule has 0 radical (unpaired) electrons. The molecule has 30 heavy (non-hydrogen) atoms. The maximum Gasteiger partial charge on any atom is 0.179 e. The Morgan fingerprint density at radius 2 is 1.93 bits per heavy atom. The van der Waals surface area contributed by atoms with Crippen LogP contribution < -0.4 is 5.73 Å². The van der Waals surface area contributed by atoms with Crippen molar-refractivity contribution in [3.63, 3.8) is 0 Å². The molecular formula is C21H18N8O. The molecule has 1 saturated heterocycles. The van der Waals surface area contributed by atoms with Crippen LogP contribution in [0.15, 0.2) is 24.3 Å². The number of para-hydroxylation sites is 2. The number of anilines is 1. The lowest BCUT2D eigenvalue weighted by molar-refractivity contribution is 0.0983. The number of ether oxygens (including phenoxy) is 1. The summed E-state index contributed by atoms with van der Waals surface area (Å²) in [5.74, 6) is 1.07. The van der Waals surface area contributed by atoms with Crippen LogP contribution in [0.3, 0.4) is 0 Å². The first-order chi connectivity index (χ1) is 14.6. The van der Waals surface area contributed by atoms with Crippen LogP contribution in [-0.4, -0.2) is 36.8 Å². The molecule has 1 aliphatic heterocycles. The first-order valence-electron chi connectivity index (χ1n) is 9.65. The van der Waals surface area contributed by atoms with Crippen molar-refractivity contribution in [3.8, 4) is 23.5 Å². The molecule has 0 spiro atoms. The van der Waals surface area contributed by atoms with Crippen molar-refractivity contribution in [1.29, 1.82) is 10.5 Å². The van der Waals surface area contributed by atoms with Gasteiger partial charge in [0, 0.05) is 13.7 Å². The SMILES string of the molecule is Cn1c(-c2c(N)n(C[C@@H]3CCCO3)c3nc(C#N)c(C#N)nc23)nc2ccccc21. The lowest BCUT2D eigenvalue weighted by Crippen LogP contribution is -2.17. The molecule has 148 valence electrons. The zero-order valence-electron chi connectivity index (χ0n) is 16.3. The van der Waals surface area contributed by atoms with Gasteiger partial charge in [-0.1, -0.05) is 12.1 Å². The van der Waals surface area contributed by atoms with Crippen molar-refractivity contribution in [1.82, 2.24) is 24.1 Å². The molecular weight excluding hydrogens is 380 g/mol. The van der Waals surface area contributed by atoms with Gasteiger partial charge in [0.1, 0.15) is 29.3 Å². The maximum absolute atomic E-state index is 9.46. The van der Waals surface area contributed by atoms with E-state index in [-0.39, 0.29) is 17.5 Å². The van der Waals surface area contributed by atoms with Crippen molar-refractivity contribution >= 4 is 28.0 Å². The van der Waals surface area contributed by atoms with Crippen LogP contribution in [-0.2, 0) is 18.3 Å². The standard InChI is InChI=1S/C21H18N8O/c1-28-16-7-3-2-6-13(16)26-20(28)17-18-21(27-15(10-23)14(9-22)25-18)29(19(17)24)11-12-5-4-8-30-12/h2-3,6-7,12H,4-5,8,11,24H2,1H3/t12-/m0/s1. The van der Waals surface area contributed by atoms with E-state index in [1.807, 2.05) is 52.6 Å². The number of fused-ring (bicyclic) bond motifs is 2. The first-order valence-corrected chi connectivity index (χ1v) is 9.65. The van der Waals surface area contributed by atoms with Gasteiger partial charge in [0.25, 0.3) is 0 Å². The number of hydrogen-bond donors (Lipinski definition) is 1. The van der Waals surface area contributed by atoms with Gasteiger partial charge in [0.15, 0.2) is 17.0 Å². The molecule has 0 amide bonds. The number of aryl methyl sites for hydroxylation is 1. The average molecular weight is 398 g/mol. The predicted octanol–water partition coefficient (Wildman–Crippen LogP) is 2.49. The van der Waals surface area contributed by atoms with Crippen molar-refractivity contribution in [2.75, 3.05) is 12.3 Å². The molecule has 0 unspecified atom stereocenters. The Hall–Kier alpha value is -3.95. The molecule has 1 fully saturated rings. The van der Waals surface area contributed by atoms with E-state index in [2.05, 4.69) is 9.97 Å². The van der Waals surface area contributed by atoms with E-state index >= 15 is 0 Å². The van der Waals surface area contributed by atoms with Crippen LogP contribution in [0.1, 0.15) is 24.2 Å². The Labute approximate surface area is 172 Å². The number of rotatable bonds is 3. The fraction of sp³-hybridized carbons (Fsp3) is 0.286. The van der Waals surface area contributed by atoms with Gasteiger partial charge < -0.3 is 19.6 Å². The van der Waals surface area contributed by atoms with Gasteiger partial charge in [-0.05, 0) is 25.0 Å². The van der Waals surface area contributed by atoms with Crippen LogP contribution in [0.2, 0.25) is 0 Å². The Bertz CT molecular complexity index is 1380. The maximum atomic E-state index is 9.46. The highest BCUT2D eigenvalue weighted by atomic mass is 16.5. The fourth-order valence-electron chi connectivity index (χ4n) is 4.08. The van der Waals surface area contributed by atoms with Gasteiger partial charge in [-0.2, -0.15) is 10.5 Å². The zero-order valence-corrected chi connectivity index (χ0v) is 16.3. The molecule has 1 aliphatic rings. The number of nitrogens with zero attached hydrogens (tertiary/aromatic N) is 7. The number of hydrogen-bond acceptors (Lipinski definition) is 7. The second kappa shape index (κ2) is 6.83. The first kappa shape index (κ1) is 18.1. The van der Waals surface area contributed by atoms with E-state index < -0.39 is 0 Å². The van der Waals surface area contributed by atoms with Crippen LogP contribution in [0.4, 0.5) is 5.82 Å². The van der Waals surface area contributed by atoms with Gasteiger partial charge in [-0.3, -0.25) is 0 Å². The number of nitrogens with two attached hydrogens (primary N) is 1. The van der Waals surface area contributed by atoms with E-state index in [0.29, 0.717) is 34.9 Å². The number of imidazole rings is 1. The van der Waals surface area contributed by atoms with Gasteiger partial charge in [0.05, 0.1) is 29.2 Å². The highest BCUT2D eigenvalue weighted by Gasteiger charge is 2.27. The number of aromatic nitrogens is 5. The lowest BCUT2D eigenvalue weighted by Gasteiger charge is -2.13. The van der Waals surface area contributed by atoms with E-state index in [0.717, 1.165) is 30.5 Å². The van der Waals surface area contributed by atoms with Gasteiger partial charge >= 0.3 is 0 Å². The largest absolute Gasteiger partial charge is 0.384 e. The summed E-state index contributed by atoms with van der Waals surface area (Å²) in [6.07, 6.45) is 1.93. The molecule has 0 saturated carbocycles. The Morgan fingerprint density at radius 1 is 1.17 bits per heavy atom. The summed E-state index contributed by atoms with van der Waals surface area (Å²) in [7, 11) is 1.91. The molecule has 1 aromatic carbocycles. The zero-order chi connectivity index (χ0) is 20.8. The molecule has 1 atom stereocenters. The number of nitriles is 2. The summed E-state index contributed by atoms with van der Waals surface area (Å²) in [6.45, 7) is 1.22. The highest BCUT2D eigenvalue weighted by molar-refractivity contribution is 5.99. The third kappa shape index (κ3) is 2.60. The summed E-state index contributed by atoms with van der Waals surface area (Å²) in [4.78, 5) is 13.7. The minimum absolute atomic E-state index is 0.0131. The van der Waals surface area contributed by atoms with Crippen molar-refractivity contribution < 1.29 is 4.74 Å². The van der Waals surface area contributed by atoms with E-state index in [4.69, 9.17) is 15.5 Å². The van der Waals surface area contributed by atoms with Crippen LogP contribution in [0.5, 0.6) is 0 Å². The van der Waals surface area contributed by atoms with Crippen molar-refractivity contribution in [2.45, 2.75) is 25.5 Å². The third-order valence-corrected chi connectivity index (χ3v) is 5.55. The topological polar surface area (TPSA) is 131 Å². The molecule has 4 aromatic rings. The Kier molecular flexibility index (Phi) is 4.12. The second-order valence-electron chi connectivity index (χ2n) is 7.31. The molecule has 5 rings (SSSR count). The molecule has 9 heteroatoms. The average Bonchev–Trinajstić information content (AvgIpc) is 3.46. The fourth-order valence-corrected chi connectivity index (χ4v) is 4.08. The molecule has 4 heterocycles. The monoisotopic (exact) mass is 398 g/mol. The smallest absolute Gasteiger partial charge is 0.179 e. The predicted molar refractivity (Wildman–Crippen MR) is 110 cm³/mol. The quantitative estimate of drug-likeness (QED) is 0.561. The Morgan fingerprint density at radius 3 is 2.63 bits per heavy atom. The molecule has 0 aliphatic carbocycles. The summed E-state index contributed by atoms with van der Waals surface area (Å²) >= 11 is 0. The number of nitrogen functional groups attached to an aromatic ring is 1. The molecule has 9 nitrogen and oxygen atoms in total. The number of benzene rings is 1. The molecule has 0 bridgehead atoms. The summed E-state index contributed by atoms with van der Waals surface area (Å²) in [6, 6.07) is 11.7. The van der Waals surface area contributed by atoms with Crippen molar-refractivity contribution in [3.05, 3.63) is 35.7 Å². The van der Waals surface area contributed by atoms with Crippen LogP contribution in [0, 0.1) is 22.7 Å². The summed E-state index contributed by atoms with van der Waals surface area (Å²) < 4.78 is 9.56. The second-order valence-corrected chi connectivity index (χ2v) is 7.31. The normalized spacial score (nSPS) is 16.2. The van der Waals surface area contributed by atoms with E-state index in [9.17, 15) is 10.5 Å². The summed E-state index contributed by atoms with van der Waals surface area (Å²) in [5, 5.41) is 18.9. The van der Waals surface area contributed by atoms with E-state index in [1.165, 1.54) is 0 Å². The van der Waals surface area contributed by atoms with Gasteiger partial charge in [-0.15, -0.1) is 0 Å². The minimum atomic E-state index is -0.0284. The summed E-state index contributed by atoms with van der Waals surface area (Å²) in [5.41, 5.74) is 9.87. The van der Waals surface area contributed by atoms with Crippen LogP contribution >= 0.6 is 0 Å². The van der Waals surface area contributed by atoms with Crippen LogP contribution in [0.25, 0.3) is 33.6 Å². The lowest BCUT2D eigenvalue weighted by atomic mass is 10.2. The minimum Gasteiger partial charge on any atom is -0.384 e. The highest BCUT2D eigenvalue weighted by Crippen LogP contribution is 2.37. The molecule has 3 aromatic heterocycles. The van der Waals surface area contributed by atoms with Gasteiger partial charge in [-0.25, -0.2) is 15.0 Å². The Balaban J connectivity index is 1.82. The van der Waals surface area contributed by atoms with Gasteiger partial charge in [0.2, 0.25) is 0 Å². The third-order valence-electron chi connectivity index (χ3n) is 5.55. The molecule has 2 N–H and O–H groups in total.